The van der Waals surface area contributed by atoms with Crippen LogP contribution >= 0.6 is 11.3 Å². The van der Waals surface area contributed by atoms with E-state index in [9.17, 15) is 9.18 Å². The predicted octanol–water partition coefficient (Wildman–Crippen LogP) is 3.49. The third-order valence-electron chi connectivity index (χ3n) is 5.59. The molecule has 172 valence electrons. The van der Waals surface area contributed by atoms with Gasteiger partial charge in [-0.2, -0.15) is 0 Å². The van der Waals surface area contributed by atoms with Crippen LogP contribution in [0.15, 0.2) is 53.9 Å². The zero-order valence-corrected chi connectivity index (χ0v) is 18.8. The van der Waals surface area contributed by atoms with Crippen molar-refractivity contribution in [3.8, 4) is 11.5 Å². The van der Waals surface area contributed by atoms with Crippen molar-refractivity contribution >= 4 is 22.9 Å². The van der Waals surface area contributed by atoms with E-state index in [0.717, 1.165) is 16.4 Å². The molecule has 0 spiro atoms. The van der Waals surface area contributed by atoms with Crippen molar-refractivity contribution in [1.82, 2.24) is 9.88 Å². The van der Waals surface area contributed by atoms with Gasteiger partial charge in [0.2, 0.25) is 0 Å². The van der Waals surface area contributed by atoms with E-state index in [1.807, 2.05) is 34.5 Å². The van der Waals surface area contributed by atoms with Gasteiger partial charge in [-0.05, 0) is 36.4 Å². The molecule has 0 unspecified atom stereocenters. The van der Waals surface area contributed by atoms with Crippen LogP contribution in [0.5, 0.6) is 11.5 Å². The van der Waals surface area contributed by atoms with Crippen LogP contribution in [0, 0.1) is 5.82 Å². The normalized spacial score (nSPS) is 17.9. The first-order valence-electron chi connectivity index (χ1n) is 10.8. The number of carbonyl (C=O) groups excluding carboxylic acids is 1. The highest BCUT2D eigenvalue weighted by molar-refractivity contribution is 7.09. The number of morpholine rings is 1. The highest BCUT2D eigenvalue weighted by atomic mass is 32.1. The Morgan fingerprint density at radius 1 is 1.15 bits per heavy atom. The highest BCUT2D eigenvalue weighted by Gasteiger charge is 2.34. The van der Waals surface area contributed by atoms with Crippen LogP contribution in [0.2, 0.25) is 0 Å². The summed E-state index contributed by atoms with van der Waals surface area (Å²) in [5.74, 6) is 0.990. The van der Waals surface area contributed by atoms with Crippen LogP contribution in [-0.4, -0.2) is 54.7 Å². The van der Waals surface area contributed by atoms with Gasteiger partial charge in [0.25, 0.3) is 5.91 Å². The van der Waals surface area contributed by atoms with E-state index in [-0.39, 0.29) is 11.7 Å². The molecule has 2 aromatic carbocycles. The maximum atomic E-state index is 13.1. The standard InChI is InChI=1S/C24H24FN3O4S/c25-17-5-7-19(8-6-17)31-15-23-26-18(16-33-23)13-28-14-22(24(29)27-9-11-30-12-10-27)32-21-4-2-1-3-20(21)28/h1-8,16,22H,9-15H2/t22-/m0/s1. The van der Waals surface area contributed by atoms with Gasteiger partial charge in [0.1, 0.15) is 28.9 Å². The molecule has 0 bridgehead atoms. The fraction of sp³-hybridized carbons (Fsp3) is 0.333. The van der Waals surface area contributed by atoms with E-state index in [1.54, 1.807) is 12.1 Å². The van der Waals surface area contributed by atoms with Crippen molar-refractivity contribution in [3.05, 3.63) is 70.4 Å². The maximum absolute atomic E-state index is 13.1. The van der Waals surface area contributed by atoms with E-state index in [4.69, 9.17) is 19.2 Å². The lowest BCUT2D eigenvalue weighted by molar-refractivity contribution is -0.142. The lowest BCUT2D eigenvalue weighted by Gasteiger charge is -2.38. The van der Waals surface area contributed by atoms with Crippen molar-refractivity contribution in [2.75, 3.05) is 37.7 Å². The zero-order chi connectivity index (χ0) is 22.6. The number of nitrogens with zero attached hydrogens (tertiary/aromatic N) is 3. The maximum Gasteiger partial charge on any atom is 0.265 e. The fourth-order valence-corrected chi connectivity index (χ4v) is 4.63. The quantitative estimate of drug-likeness (QED) is 0.551. The Morgan fingerprint density at radius 2 is 1.94 bits per heavy atom. The van der Waals surface area contributed by atoms with Crippen molar-refractivity contribution in [1.29, 1.82) is 0 Å². The SMILES string of the molecule is O=C([C@@H]1CN(Cc2csc(COc3ccc(F)cc3)n2)c2ccccc2O1)N1CCOCC1. The fourth-order valence-electron chi connectivity index (χ4n) is 3.93. The molecule has 5 rings (SSSR count). The molecular formula is C24H24FN3O4S. The number of carbonyl (C=O) groups is 1. The van der Waals surface area contributed by atoms with Gasteiger partial charge in [0.05, 0.1) is 37.7 Å². The second-order valence-electron chi connectivity index (χ2n) is 7.87. The van der Waals surface area contributed by atoms with Crippen LogP contribution in [-0.2, 0) is 22.7 Å². The summed E-state index contributed by atoms with van der Waals surface area (Å²) in [7, 11) is 0. The molecule has 0 radical (unpaired) electrons. The van der Waals surface area contributed by atoms with E-state index in [1.165, 1.54) is 23.5 Å². The minimum atomic E-state index is -0.571. The number of para-hydroxylation sites is 2. The summed E-state index contributed by atoms with van der Waals surface area (Å²) >= 11 is 1.51. The van der Waals surface area contributed by atoms with Gasteiger partial charge < -0.3 is 24.0 Å². The second kappa shape index (κ2) is 9.76. The third-order valence-corrected chi connectivity index (χ3v) is 6.46. The molecule has 7 nitrogen and oxygen atoms in total. The van der Waals surface area contributed by atoms with Gasteiger partial charge >= 0.3 is 0 Å². The third kappa shape index (κ3) is 5.09. The number of rotatable bonds is 6. The van der Waals surface area contributed by atoms with Gasteiger partial charge in [-0.1, -0.05) is 12.1 Å². The minimum Gasteiger partial charge on any atom is -0.486 e. The molecule has 1 amide bonds. The number of anilines is 1. The molecule has 0 aliphatic carbocycles. The molecule has 0 N–H and O–H groups in total. The number of fused-ring (bicyclic) bond motifs is 1. The number of amides is 1. The van der Waals surface area contributed by atoms with Gasteiger partial charge in [0.15, 0.2) is 6.10 Å². The molecule has 1 fully saturated rings. The number of aromatic nitrogens is 1. The monoisotopic (exact) mass is 469 g/mol. The van der Waals surface area contributed by atoms with Crippen molar-refractivity contribution in [3.63, 3.8) is 0 Å². The number of benzene rings is 2. The Labute approximate surface area is 195 Å². The van der Waals surface area contributed by atoms with Crippen molar-refractivity contribution in [2.24, 2.45) is 0 Å². The van der Waals surface area contributed by atoms with Crippen LogP contribution in [0.3, 0.4) is 0 Å². The Bertz CT molecular complexity index is 1100. The molecule has 33 heavy (non-hydrogen) atoms. The highest BCUT2D eigenvalue weighted by Crippen LogP contribution is 2.34. The van der Waals surface area contributed by atoms with Gasteiger partial charge in [-0.25, -0.2) is 9.37 Å². The lowest BCUT2D eigenvalue weighted by atomic mass is 10.1. The van der Waals surface area contributed by atoms with Crippen molar-refractivity contribution in [2.45, 2.75) is 19.3 Å². The van der Waals surface area contributed by atoms with Crippen molar-refractivity contribution < 1.29 is 23.4 Å². The first kappa shape index (κ1) is 21.7. The summed E-state index contributed by atoms with van der Waals surface area (Å²) in [5.41, 5.74) is 1.84. The number of thiazole rings is 1. The molecule has 1 saturated heterocycles. The summed E-state index contributed by atoms with van der Waals surface area (Å²) in [5, 5.41) is 2.83. The van der Waals surface area contributed by atoms with E-state index in [0.29, 0.717) is 57.5 Å². The first-order valence-corrected chi connectivity index (χ1v) is 11.7. The predicted molar refractivity (Wildman–Crippen MR) is 122 cm³/mol. The van der Waals surface area contributed by atoms with Gasteiger partial charge in [-0.3, -0.25) is 4.79 Å². The molecule has 1 aromatic heterocycles. The Balaban J connectivity index is 1.27. The molecule has 2 aliphatic rings. The van der Waals surface area contributed by atoms with Gasteiger partial charge in [-0.15, -0.1) is 11.3 Å². The van der Waals surface area contributed by atoms with E-state index >= 15 is 0 Å². The summed E-state index contributed by atoms with van der Waals surface area (Å²) in [6.45, 7) is 3.61. The molecule has 3 aromatic rings. The first-order chi connectivity index (χ1) is 16.2. The van der Waals surface area contributed by atoms with Crippen LogP contribution < -0.4 is 14.4 Å². The number of hydrogen-bond donors (Lipinski definition) is 0. The Kier molecular flexibility index (Phi) is 6.41. The molecular weight excluding hydrogens is 445 g/mol. The number of halogens is 1. The zero-order valence-electron chi connectivity index (χ0n) is 18.0. The smallest absolute Gasteiger partial charge is 0.265 e. The minimum absolute atomic E-state index is 0.00975. The molecule has 0 saturated carbocycles. The summed E-state index contributed by atoms with van der Waals surface area (Å²) in [6.07, 6.45) is -0.571. The lowest BCUT2D eigenvalue weighted by Crippen LogP contribution is -2.52. The summed E-state index contributed by atoms with van der Waals surface area (Å²) in [6, 6.07) is 13.7. The Morgan fingerprint density at radius 3 is 2.76 bits per heavy atom. The van der Waals surface area contributed by atoms with Crippen LogP contribution in [0.25, 0.3) is 0 Å². The number of hydrogen-bond acceptors (Lipinski definition) is 7. The average Bonchev–Trinajstić information content (AvgIpc) is 3.31. The Hall–Kier alpha value is -3.17. The molecule has 3 heterocycles. The molecule has 9 heteroatoms. The average molecular weight is 470 g/mol. The van der Waals surface area contributed by atoms with E-state index in [2.05, 4.69) is 4.90 Å². The van der Waals surface area contributed by atoms with Gasteiger partial charge in [0, 0.05) is 18.5 Å². The van der Waals surface area contributed by atoms with Crippen LogP contribution in [0.4, 0.5) is 10.1 Å². The van der Waals surface area contributed by atoms with E-state index < -0.39 is 6.10 Å². The van der Waals surface area contributed by atoms with Crippen LogP contribution in [0.1, 0.15) is 10.7 Å². The number of ether oxygens (including phenoxy) is 3. The second-order valence-corrected chi connectivity index (χ2v) is 8.81. The largest absolute Gasteiger partial charge is 0.486 e. The molecule has 1 atom stereocenters. The summed E-state index contributed by atoms with van der Waals surface area (Å²) < 4.78 is 30.2. The molecule has 2 aliphatic heterocycles. The topological polar surface area (TPSA) is 64.1 Å². The summed E-state index contributed by atoms with van der Waals surface area (Å²) in [4.78, 5) is 21.7.